The Morgan fingerprint density at radius 2 is 1.83 bits per heavy atom. The molecule has 10 heteroatoms. The van der Waals surface area contributed by atoms with Crippen molar-refractivity contribution in [2.45, 2.75) is 13.5 Å². The molecular formula is C19H20N4O5S. The number of imide groups is 1. The zero-order valence-corrected chi connectivity index (χ0v) is 16.5. The fraction of sp³-hybridized carbons (Fsp3) is 0.211. The summed E-state index contributed by atoms with van der Waals surface area (Å²) >= 11 is 0. The SMILES string of the molecule is CCS(=O)(=O)Nc1ccc(C(=O)Nc2cccc(CN3C(=O)CNC3=O)c2)cc1. The lowest BCUT2D eigenvalue weighted by atomic mass is 10.1. The van der Waals surface area contributed by atoms with Gasteiger partial charge in [-0.25, -0.2) is 13.2 Å². The van der Waals surface area contributed by atoms with Gasteiger partial charge in [0.1, 0.15) is 0 Å². The molecule has 9 nitrogen and oxygen atoms in total. The third-order valence-corrected chi connectivity index (χ3v) is 5.57. The molecule has 3 rings (SSSR count). The number of rotatable bonds is 7. The molecule has 3 N–H and O–H groups in total. The summed E-state index contributed by atoms with van der Waals surface area (Å²) in [5, 5.41) is 5.20. The second-order valence-electron chi connectivity index (χ2n) is 6.38. The fourth-order valence-electron chi connectivity index (χ4n) is 2.69. The predicted octanol–water partition coefficient (Wildman–Crippen LogP) is 1.75. The first-order chi connectivity index (χ1) is 13.8. The van der Waals surface area contributed by atoms with Crippen molar-refractivity contribution in [3.05, 3.63) is 59.7 Å². The molecule has 0 aliphatic carbocycles. The molecule has 29 heavy (non-hydrogen) atoms. The summed E-state index contributed by atoms with van der Waals surface area (Å²) in [5.41, 5.74) is 1.93. The zero-order chi connectivity index (χ0) is 21.0. The Labute approximate surface area is 168 Å². The third kappa shape index (κ3) is 5.11. The number of hydrogen-bond donors (Lipinski definition) is 3. The van der Waals surface area contributed by atoms with Crippen molar-refractivity contribution in [3.63, 3.8) is 0 Å². The normalized spacial score (nSPS) is 13.9. The molecule has 0 spiro atoms. The molecule has 0 unspecified atom stereocenters. The number of hydrogen-bond acceptors (Lipinski definition) is 5. The lowest BCUT2D eigenvalue weighted by Crippen LogP contribution is -2.30. The van der Waals surface area contributed by atoms with Crippen LogP contribution in [-0.4, -0.2) is 43.5 Å². The summed E-state index contributed by atoms with van der Waals surface area (Å²) in [5.74, 6) is -0.721. The van der Waals surface area contributed by atoms with Gasteiger partial charge < -0.3 is 10.6 Å². The van der Waals surface area contributed by atoms with Gasteiger partial charge in [-0.05, 0) is 48.9 Å². The highest BCUT2D eigenvalue weighted by Crippen LogP contribution is 2.17. The molecule has 0 radical (unpaired) electrons. The van der Waals surface area contributed by atoms with Crippen molar-refractivity contribution in [1.29, 1.82) is 0 Å². The molecule has 0 saturated carbocycles. The molecule has 2 aromatic carbocycles. The van der Waals surface area contributed by atoms with Crippen LogP contribution in [0.1, 0.15) is 22.8 Å². The van der Waals surface area contributed by atoms with Crippen LogP contribution in [0.4, 0.5) is 16.2 Å². The molecular weight excluding hydrogens is 396 g/mol. The van der Waals surface area contributed by atoms with E-state index in [-0.39, 0.29) is 30.7 Å². The molecule has 0 atom stereocenters. The van der Waals surface area contributed by atoms with Gasteiger partial charge in [0, 0.05) is 16.9 Å². The number of carbonyl (C=O) groups is 3. The maximum atomic E-state index is 12.4. The lowest BCUT2D eigenvalue weighted by Gasteiger charge is -2.13. The van der Waals surface area contributed by atoms with Crippen LogP contribution in [0.15, 0.2) is 48.5 Å². The number of nitrogens with zero attached hydrogens (tertiary/aromatic N) is 1. The van der Waals surface area contributed by atoms with E-state index in [1.807, 2.05) is 0 Å². The number of carbonyl (C=O) groups excluding carboxylic acids is 3. The highest BCUT2D eigenvalue weighted by atomic mass is 32.2. The first-order valence-corrected chi connectivity index (χ1v) is 10.5. The predicted molar refractivity (Wildman–Crippen MR) is 108 cm³/mol. The molecule has 2 aromatic rings. The molecule has 4 amide bonds. The standard InChI is InChI=1S/C19H20N4O5S/c1-2-29(27,28)22-15-8-6-14(7-9-15)18(25)21-16-5-3-4-13(10-16)12-23-17(24)11-20-19(23)26/h3-10,22H,2,11-12H2,1H3,(H,20,26)(H,21,25). The molecule has 1 heterocycles. The second-order valence-corrected chi connectivity index (χ2v) is 8.39. The monoisotopic (exact) mass is 416 g/mol. The second kappa shape index (κ2) is 8.31. The summed E-state index contributed by atoms with van der Waals surface area (Å²) in [4.78, 5) is 36.9. The van der Waals surface area contributed by atoms with Crippen LogP contribution in [-0.2, 0) is 21.4 Å². The van der Waals surface area contributed by atoms with E-state index < -0.39 is 16.1 Å². The van der Waals surface area contributed by atoms with Crippen molar-refractivity contribution in [2.24, 2.45) is 0 Å². The highest BCUT2D eigenvalue weighted by molar-refractivity contribution is 7.92. The summed E-state index contributed by atoms with van der Waals surface area (Å²) < 4.78 is 25.6. The van der Waals surface area contributed by atoms with Gasteiger partial charge in [-0.2, -0.15) is 0 Å². The Balaban J connectivity index is 1.66. The van der Waals surface area contributed by atoms with Gasteiger partial charge in [0.05, 0.1) is 18.8 Å². The van der Waals surface area contributed by atoms with E-state index in [1.54, 1.807) is 24.3 Å². The van der Waals surface area contributed by atoms with Crippen LogP contribution in [0.2, 0.25) is 0 Å². The lowest BCUT2D eigenvalue weighted by molar-refractivity contribution is -0.125. The minimum Gasteiger partial charge on any atom is -0.329 e. The number of urea groups is 1. The summed E-state index contributed by atoms with van der Waals surface area (Å²) in [6.07, 6.45) is 0. The van der Waals surface area contributed by atoms with Crippen LogP contribution in [0, 0.1) is 0 Å². The van der Waals surface area contributed by atoms with Crippen molar-refractivity contribution in [3.8, 4) is 0 Å². The van der Waals surface area contributed by atoms with Gasteiger partial charge in [0.2, 0.25) is 15.9 Å². The van der Waals surface area contributed by atoms with Crippen LogP contribution in [0.25, 0.3) is 0 Å². The Morgan fingerprint density at radius 1 is 1.10 bits per heavy atom. The number of anilines is 2. The third-order valence-electron chi connectivity index (χ3n) is 4.26. The van der Waals surface area contributed by atoms with E-state index in [0.717, 1.165) is 4.90 Å². The number of sulfonamides is 1. The maximum absolute atomic E-state index is 12.4. The minimum absolute atomic E-state index is 0.0142. The smallest absolute Gasteiger partial charge is 0.324 e. The average Bonchev–Trinajstić information content (AvgIpc) is 3.00. The van der Waals surface area contributed by atoms with Gasteiger partial charge in [-0.15, -0.1) is 0 Å². The van der Waals surface area contributed by atoms with Crippen LogP contribution in [0.5, 0.6) is 0 Å². The minimum atomic E-state index is -3.38. The van der Waals surface area contributed by atoms with E-state index in [1.165, 1.54) is 31.2 Å². The zero-order valence-electron chi connectivity index (χ0n) is 15.6. The molecule has 1 saturated heterocycles. The molecule has 1 aliphatic heterocycles. The van der Waals surface area contributed by atoms with Gasteiger partial charge in [-0.1, -0.05) is 12.1 Å². The van der Waals surface area contributed by atoms with Crippen molar-refractivity contribution in [2.75, 3.05) is 22.3 Å². The van der Waals surface area contributed by atoms with E-state index >= 15 is 0 Å². The first kappa shape index (κ1) is 20.3. The number of nitrogens with one attached hydrogen (secondary N) is 3. The summed E-state index contributed by atoms with van der Waals surface area (Å²) in [7, 11) is -3.38. The van der Waals surface area contributed by atoms with Crippen LogP contribution >= 0.6 is 0 Å². The van der Waals surface area contributed by atoms with Gasteiger partial charge in [0.15, 0.2) is 0 Å². The van der Waals surface area contributed by atoms with E-state index in [9.17, 15) is 22.8 Å². The van der Waals surface area contributed by atoms with E-state index in [0.29, 0.717) is 22.5 Å². The molecule has 1 fully saturated rings. The molecule has 0 bridgehead atoms. The maximum Gasteiger partial charge on any atom is 0.324 e. The van der Waals surface area contributed by atoms with Gasteiger partial charge >= 0.3 is 6.03 Å². The largest absolute Gasteiger partial charge is 0.329 e. The number of amides is 4. The average molecular weight is 416 g/mol. The van der Waals surface area contributed by atoms with Crippen molar-refractivity contribution in [1.82, 2.24) is 10.2 Å². The first-order valence-electron chi connectivity index (χ1n) is 8.86. The highest BCUT2D eigenvalue weighted by Gasteiger charge is 2.28. The van der Waals surface area contributed by atoms with Crippen molar-refractivity contribution >= 4 is 39.2 Å². The Bertz CT molecular complexity index is 1030. The molecule has 0 aromatic heterocycles. The van der Waals surface area contributed by atoms with Crippen LogP contribution < -0.4 is 15.4 Å². The topological polar surface area (TPSA) is 125 Å². The fourth-order valence-corrected chi connectivity index (χ4v) is 3.33. The van der Waals surface area contributed by atoms with Crippen molar-refractivity contribution < 1.29 is 22.8 Å². The Kier molecular flexibility index (Phi) is 5.83. The van der Waals surface area contributed by atoms with Crippen LogP contribution in [0.3, 0.4) is 0 Å². The van der Waals surface area contributed by atoms with Gasteiger partial charge in [-0.3, -0.25) is 19.2 Å². The summed E-state index contributed by atoms with van der Waals surface area (Å²) in [6.45, 7) is 1.63. The molecule has 152 valence electrons. The van der Waals surface area contributed by atoms with Gasteiger partial charge in [0.25, 0.3) is 5.91 Å². The summed E-state index contributed by atoms with van der Waals surface area (Å²) in [6, 6.07) is 12.4. The van der Waals surface area contributed by atoms with E-state index in [2.05, 4.69) is 15.4 Å². The quantitative estimate of drug-likeness (QED) is 0.593. The Morgan fingerprint density at radius 3 is 2.45 bits per heavy atom. The number of benzene rings is 2. The Hall–Kier alpha value is -3.40. The molecule has 1 aliphatic rings. The van der Waals surface area contributed by atoms with E-state index in [4.69, 9.17) is 0 Å².